The Morgan fingerprint density at radius 3 is 3.00 bits per heavy atom. The molecule has 1 aromatic heterocycles. The van der Waals surface area contributed by atoms with Crippen LogP contribution in [0.2, 0.25) is 0 Å². The topological polar surface area (TPSA) is 32.3 Å². The van der Waals surface area contributed by atoms with Crippen LogP contribution in [0.15, 0.2) is 17.5 Å². The summed E-state index contributed by atoms with van der Waals surface area (Å²) in [5, 5.41) is 5.66. The maximum atomic E-state index is 12.1. The van der Waals surface area contributed by atoms with Gasteiger partial charge in [0.05, 0.1) is 5.25 Å². The fraction of sp³-hybridized carbons (Fsp3) is 0.583. The van der Waals surface area contributed by atoms with E-state index in [-0.39, 0.29) is 16.5 Å². The van der Waals surface area contributed by atoms with Gasteiger partial charge in [0.1, 0.15) is 5.37 Å². The Morgan fingerprint density at radius 2 is 2.35 bits per heavy atom. The molecule has 2 rings (SSSR count). The quantitative estimate of drug-likeness (QED) is 0.833. The molecule has 94 valence electrons. The summed E-state index contributed by atoms with van der Waals surface area (Å²) < 4.78 is 0. The highest BCUT2D eigenvalue weighted by Crippen LogP contribution is 2.43. The van der Waals surface area contributed by atoms with Crippen LogP contribution in [0.5, 0.6) is 0 Å². The molecule has 0 spiro atoms. The summed E-state index contributed by atoms with van der Waals surface area (Å²) in [6.07, 6.45) is 0. The first-order chi connectivity index (χ1) is 8.24. The number of thiophene rings is 1. The molecule has 5 heteroatoms. The predicted octanol–water partition coefficient (Wildman–Crippen LogP) is 2.32. The normalized spacial score (nSPS) is 24.6. The minimum atomic E-state index is 0.0868. The van der Waals surface area contributed by atoms with E-state index in [0.717, 1.165) is 19.6 Å². The lowest BCUT2D eigenvalue weighted by Crippen LogP contribution is -2.36. The molecule has 3 nitrogen and oxygen atoms in total. The number of nitrogens with zero attached hydrogens (tertiary/aromatic N) is 1. The van der Waals surface area contributed by atoms with Crippen LogP contribution < -0.4 is 5.32 Å². The van der Waals surface area contributed by atoms with Crippen molar-refractivity contribution in [2.45, 2.75) is 24.5 Å². The second-order valence-electron chi connectivity index (χ2n) is 4.03. The Bertz CT molecular complexity index is 367. The lowest BCUT2D eigenvalue weighted by Gasteiger charge is -2.23. The highest BCUT2D eigenvalue weighted by molar-refractivity contribution is 8.01. The van der Waals surface area contributed by atoms with E-state index >= 15 is 0 Å². The molecule has 1 amide bonds. The number of amides is 1. The van der Waals surface area contributed by atoms with E-state index < -0.39 is 0 Å². The van der Waals surface area contributed by atoms with Gasteiger partial charge in [0.25, 0.3) is 0 Å². The number of nitrogens with one attached hydrogen (secondary N) is 1. The first kappa shape index (κ1) is 12.9. The molecule has 0 bridgehead atoms. The van der Waals surface area contributed by atoms with Crippen LogP contribution in [-0.2, 0) is 4.79 Å². The van der Waals surface area contributed by atoms with Crippen LogP contribution in [0.25, 0.3) is 0 Å². The van der Waals surface area contributed by atoms with Gasteiger partial charge in [-0.2, -0.15) is 0 Å². The first-order valence-electron chi connectivity index (χ1n) is 5.94. The van der Waals surface area contributed by atoms with Crippen molar-refractivity contribution < 1.29 is 4.79 Å². The second-order valence-corrected chi connectivity index (χ2v) is 6.44. The maximum Gasteiger partial charge on any atom is 0.236 e. The van der Waals surface area contributed by atoms with Crippen LogP contribution >= 0.6 is 23.1 Å². The molecular weight excluding hydrogens is 252 g/mol. The van der Waals surface area contributed by atoms with E-state index in [1.807, 2.05) is 11.8 Å². The van der Waals surface area contributed by atoms with Gasteiger partial charge in [-0.05, 0) is 24.9 Å². The Kier molecular flexibility index (Phi) is 4.48. The van der Waals surface area contributed by atoms with Crippen molar-refractivity contribution in [1.82, 2.24) is 10.2 Å². The van der Waals surface area contributed by atoms with Crippen LogP contribution in [0.4, 0.5) is 0 Å². The summed E-state index contributed by atoms with van der Waals surface area (Å²) in [5.41, 5.74) is 0. The molecule has 17 heavy (non-hydrogen) atoms. The van der Waals surface area contributed by atoms with E-state index in [4.69, 9.17) is 0 Å². The van der Waals surface area contributed by atoms with Gasteiger partial charge in [-0.15, -0.1) is 23.1 Å². The monoisotopic (exact) mass is 270 g/mol. The predicted molar refractivity (Wildman–Crippen MR) is 74.4 cm³/mol. The third-order valence-corrected chi connectivity index (χ3v) is 5.26. The van der Waals surface area contributed by atoms with Crippen LogP contribution in [0.3, 0.4) is 0 Å². The Morgan fingerprint density at radius 1 is 1.53 bits per heavy atom. The van der Waals surface area contributed by atoms with Crippen molar-refractivity contribution in [3.63, 3.8) is 0 Å². The standard InChI is InChI=1S/C12H18N2OS2/c1-3-13-6-7-14-11(15)9(2)17-12(14)10-5-4-8-16-10/h4-5,8-9,12-13H,3,6-7H2,1-2H3/t9-,12+/m1/s1. The Hall–Kier alpha value is -0.520. The highest BCUT2D eigenvalue weighted by Gasteiger charge is 2.38. The van der Waals surface area contributed by atoms with Crippen molar-refractivity contribution >= 4 is 29.0 Å². The minimum absolute atomic E-state index is 0.0868. The fourth-order valence-corrected chi connectivity index (χ4v) is 4.19. The van der Waals surface area contributed by atoms with E-state index in [1.165, 1.54) is 4.88 Å². The summed E-state index contributed by atoms with van der Waals surface area (Å²) in [4.78, 5) is 15.4. The summed E-state index contributed by atoms with van der Waals surface area (Å²) in [6, 6.07) is 4.17. The van der Waals surface area contributed by atoms with Gasteiger partial charge < -0.3 is 10.2 Å². The van der Waals surface area contributed by atoms with E-state index in [2.05, 4.69) is 29.8 Å². The third-order valence-electron chi connectivity index (χ3n) is 2.81. The highest BCUT2D eigenvalue weighted by atomic mass is 32.2. The molecule has 1 N–H and O–H groups in total. The second kappa shape index (κ2) is 5.89. The van der Waals surface area contributed by atoms with Gasteiger partial charge in [0.15, 0.2) is 0 Å². The van der Waals surface area contributed by atoms with E-state index in [9.17, 15) is 4.79 Å². The molecule has 0 aliphatic carbocycles. The number of hydrogen-bond donors (Lipinski definition) is 1. The van der Waals surface area contributed by atoms with Gasteiger partial charge in [-0.3, -0.25) is 4.79 Å². The van der Waals surface area contributed by atoms with Gasteiger partial charge in [0, 0.05) is 18.0 Å². The van der Waals surface area contributed by atoms with Crippen LogP contribution in [-0.4, -0.2) is 35.7 Å². The van der Waals surface area contributed by atoms with Crippen molar-refractivity contribution in [1.29, 1.82) is 0 Å². The number of thioether (sulfide) groups is 1. The number of rotatable bonds is 5. The lowest BCUT2D eigenvalue weighted by molar-refractivity contribution is -0.129. The minimum Gasteiger partial charge on any atom is -0.323 e. The average molecular weight is 270 g/mol. The molecule has 2 heterocycles. The van der Waals surface area contributed by atoms with Gasteiger partial charge in [0.2, 0.25) is 5.91 Å². The summed E-state index contributed by atoms with van der Waals surface area (Å²) in [5.74, 6) is 0.270. The molecule has 1 aliphatic rings. The summed E-state index contributed by atoms with van der Waals surface area (Å²) >= 11 is 3.49. The first-order valence-corrected chi connectivity index (χ1v) is 7.76. The largest absolute Gasteiger partial charge is 0.323 e. The molecule has 2 atom stereocenters. The Labute approximate surface area is 111 Å². The zero-order valence-corrected chi connectivity index (χ0v) is 11.8. The SMILES string of the molecule is CCNCCN1C(=O)[C@@H](C)S[C@H]1c1cccs1. The third kappa shape index (κ3) is 2.84. The smallest absolute Gasteiger partial charge is 0.236 e. The van der Waals surface area contributed by atoms with Gasteiger partial charge in [-0.1, -0.05) is 13.0 Å². The number of carbonyl (C=O) groups excluding carboxylic acids is 1. The molecule has 0 unspecified atom stereocenters. The molecule has 0 saturated carbocycles. The summed E-state index contributed by atoms with van der Waals surface area (Å²) in [6.45, 7) is 6.71. The fourth-order valence-electron chi connectivity index (χ4n) is 1.93. The van der Waals surface area contributed by atoms with Gasteiger partial charge in [-0.25, -0.2) is 0 Å². The van der Waals surface area contributed by atoms with Crippen molar-refractivity contribution in [3.05, 3.63) is 22.4 Å². The molecule has 0 radical (unpaired) electrons. The molecular formula is C12H18N2OS2. The van der Waals surface area contributed by atoms with E-state index in [1.54, 1.807) is 23.1 Å². The van der Waals surface area contributed by atoms with E-state index in [0.29, 0.717) is 0 Å². The molecule has 1 aliphatic heterocycles. The zero-order chi connectivity index (χ0) is 12.3. The zero-order valence-electron chi connectivity index (χ0n) is 10.2. The lowest BCUT2D eigenvalue weighted by atomic mass is 10.3. The maximum absolute atomic E-state index is 12.1. The molecule has 1 aromatic rings. The van der Waals surface area contributed by atoms with Crippen LogP contribution in [0.1, 0.15) is 24.1 Å². The Balaban J connectivity index is 2.05. The van der Waals surface area contributed by atoms with Crippen molar-refractivity contribution in [2.24, 2.45) is 0 Å². The number of carbonyl (C=O) groups is 1. The van der Waals surface area contributed by atoms with Crippen LogP contribution in [0, 0.1) is 0 Å². The molecule has 1 fully saturated rings. The number of likely N-dealkylation sites (N-methyl/N-ethyl adjacent to an activating group) is 1. The molecule has 1 saturated heterocycles. The van der Waals surface area contributed by atoms with Gasteiger partial charge >= 0.3 is 0 Å². The summed E-state index contributed by atoms with van der Waals surface area (Å²) in [7, 11) is 0. The molecule has 0 aromatic carbocycles. The number of hydrogen-bond acceptors (Lipinski definition) is 4. The average Bonchev–Trinajstić information content (AvgIpc) is 2.92. The van der Waals surface area contributed by atoms with Crippen molar-refractivity contribution in [2.75, 3.05) is 19.6 Å². The van der Waals surface area contributed by atoms with Crippen molar-refractivity contribution in [3.8, 4) is 0 Å².